The first-order chi connectivity index (χ1) is 41.2. The van der Waals surface area contributed by atoms with Gasteiger partial charge in [-0.25, -0.2) is 29.0 Å². The summed E-state index contributed by atoms with van der Waals surface area (Å²) in [6.07, 6.45) is 4.36. The van der Waals surface area contributed by atoms with Crippen molar-refractivity contribution < 1.29 is 43.4 Å². The Hall–Kier alpha value is -9.16. The monoisotopic (exact) mass is 1200 g/mol. The van der Waals surface area contributed by atoms with Crippen molar-refractivity contribution in [3.05, 3.63) is 195 Å². The number of phenols is 2. The van der Waals surface area contributed by atoms with Gasteiger partial charge in [0.25, 0.3) is 0 Å². The zero-order valence-corrected chi connectivity index (χ0v) is 49.6. The van der Waals surface area contributed by atoms with Gasteiger partial charge < -0.3 is 45.3 Å². The highest BCUT2D eigenvalue weighted by molar-refractivity contribution is 6.33. The maximum atomic E-state index is 15.0. The van der Waals surface area contributed by atoms with Gasteiger partial charge in [0, 0.05) is 65.7 Å². The highest BCUT2D eigenvalue weighted by Gasteiger charge is 2.56. The molecule has 456 valence electrons. The number of aromatic hydroxyl groups is 2. The van der Waals surface area contributed by atoms with Crippen molar-refractivity contribution in [2.45, 2.75) is 104 Å². The van der Waals surface area contributed by atoms with Crippen LogP contribution in [0.3, 0.4) is 0 Å². The summed E-state index contributed by atoms with van der Waals surface area (Å²) >= 11 is 6.43. The number of hydrazine groups is 2. The summed E-state index contributed by atoms with van der Waals surface area (Å²) < 4.78 is 15.0. The summed E-state index contributed by atoms with van der Waals surface area (Å²) in [5.41, 5.74) is 6.11. The normalized spacial score (nSPS) is 20.4. The predicted octanol–water partition coefficient (Wildman–Crippen LogP) is 7.73. The first-order valence-corrected chi connectivity index (χ1v) is 28.7. The fourth-order valence-electron chi connectivity index (χ4n) is 11.7. The number of halogens is 2. The van der Waals surface area contributed by atoms with Crippen LogP contribution in [0.5, 0.6) is 11.5 Å². The molecular weight excluding hydrogens is 1130 g/mol. The highest BCUT2D eigenvalue weighted by Crippen LogP contribution is 2.36. The Morgan fingerprint density at radius 1 is 0.644 bits per heavy atom. The zero-order valence-electron chi connectivity index (χ0n) is 48.9. The van der Waals surface area contributed by atoms with Gasteiger partial charge in [0.15, 0.2) is 0 Å². The average molecular weight is 1200 g/mol. The molecule has 4 aliphatic rings. The van der Waals surface area contributed by atoms with Crippen LogP contribution in [0.1, 0.15) is 60.2 Å². The van der Waals surface area contributed by atoms with Crippen molar-refractivity contribution in [2.75, 3.05) is 45.7 Å². The Bertz CT molecular complexity index is 3490. The minimum Gasteiger partial charge on any atom is -0.508 e. The number of carbonyl (C=O) groups is 6. The summed E-state index contributed by atoms with van der Waals surface area (Å²) in [5, 5.41) is 32.3. The minimum absolute atomic E-state index is 0. The number of nitrogens with zero attached hydrogens (tertiary/aromatic N) is 9. The number of amides is 8. The van der Waals surface area contributed by atoms with Crippen LogP contribution in [-0.4, -0.2) is 163 Å². The van der Waals surface area contributed by atoms with Gasteiger partial charge in [-0.15, -0.1) is 6.42 Å². The first-order valence-electron chi connectivity index (χ1n) is 28.3. The molecule has 0 unspecified atom stereocenters. The molecule has 0 aromatic heterocycles. The van der Waals surface area contributed by atoms with Crippen LogP contribution in [-0.2, 0) is 58.2 Å². The van der Waals surface area contributed by atoms with Crippen LogP contribution >= 0.6 is 11.6 Å². The maximum Gasteiger partial charge on any atom is 0.334 e. The van der Waals surface area contributed by atoms with E-state index >= 15 is 4.39 Å². The maximum absolute atomic E-state index is 15.0. The third-order valence-electron chi connectivity index (χ3n) is 16.0. The van der Waals surface area contributed by atoms with E-state index in [9.17, 15) is 39.0 Å². The summed E-state index contributed by atoms with van der Waals surface area (Å²) in [6, 6.07) is 38.6. The third-order valence-corrected chi connectivity index (χ3v) is 16.4. The molecule has 87 heavy (non-hydrogen) atoms. The Labute approximate surface area is 513 Å². The van der Waals surface area contributed by atoms with E-state index in [4.69, 9.17) is 18.0 Å². The van der Waals surface area contributed by atoms with Crippen molar-refractivity contribution >= 4 is 53.0 Å². The number of hydrogen-bond donors (Lipinski definition) is 4. The quantitative estimate of drug-likeness (QED) is 0.0780. The van der Waals surface area contributed by atoms with Crippen LogP contribution in [0, 0.1) is 25.1 Å². The number of anilines is 1. The summed E-state index contributed by atoms with van der Waals surface area (Å²) in [6.45, 7) is 5.93. The van der Waals surface area contributed by atoms with E-state index in [1.807, 2.05) is 105 Å². The smallest absolute Gasteiger partial charge is 0.334 e. The number of benzene rings is 6. The van der Waals surface area contributed by atoms with Gasteiger partial charge in [0.1, 0.15) is 41.7 Å². The molecule has 21 heteroatoms. The van der Waals surface area contributed by atoms with Crippen LogP contribution in [0.2, 0.25) is 5.02 Å². The van der Waals surface area contributed by atoms with E-state index in [0.29, 0.717) is 22.7 Å². The van der Waals surface area contributed by atoms with Gasteiger partial charge in [0.2, 0.25) is 23.6 Å². The van der Waals surface area contributed by atoms with Crippen molar-refractivity contribution in [2.24, 2.45) is 0 Å². The first kappa shape index (κ1) is 63.9. The molecular formula is C66H75ClFN11O8. The number of phenolic OH excluding ortho intramolecular Hbond substituents is 2. The third kappa shape index (κ3) is 14.2. The van der Waals surface area contributed by atoms with Crippen LogP contribution in [0.15, 0.2) is 146 Å². The van der Waals surface area contributed by atoms with E-state index in [0.717, 1.165) is 33.5 Å². The van der Waals surface area contributed by atoms with Gasteiger partial charge in [-0.2, -0.15) is 5.01 Å². The lowest BCUT2D eigenvalue weighted by atomic mass is 9.94. The summed E-state index contributed by atoms with van der Waals surface area (Å²) in [5.74, 6) is 1.13. The number of fused-ring (bicyclic) bond motifs is 2. The SMILES string of the molecule is C.C#CCN1CC(=O)N2[C@@H](Cc3ccc(O)cc3)C(=O)N(Cc3ccc(C)cc3F)[C@@H](C)[C@@H]2N1C(=O)NCc1ccccc1.C[C@@H]1[C@H]2N(C(=O)CN(C)N2C(=O)NCc2ccccc2)[C@@H](Cc2ccc(O)cc2)C(=O)N1Cc1ccc(Cl)c(N(C)C)c1. The van der Waals surface area contributed by atoms with Crippen molar-refractivity contribution in [3.63, 3.8) is 0 Å². The molecule has 19 nitrogen and oxygen atoms in total. The number of terminal acetylenes is 1. The fraction of sp³-hybridized carbons (Fsp3) is 0.333. The van der Waals surface area contributed by atoms with E-state index in [2.05, 4.69) is 16.6 Å². The topological polar surface area (TPSA) is 196 Å². The molecule has 4 fully saturated rings. The molecule has 0 bridgehead atoms. The van der Waals surface area contributed by atoms with Gasteiger partial charge in [-0.1, -0.05) is 128 Å². The second kappa shape index (κ2) is 27.9. The van der Waals surface area contributed by atoms with Crippen LogP contribution < -0.4 is 15.5 Å². The van der Waals surface area contributed by atoms with Crippen molar-refractivity contribution in [3.8, 4) is 23.8 Å². The van der Waals surface area contributed by atoms with E-state index in [-0.39, 0.29) is 101 Å². The minimum atomic E-state index is -0.982. The predicted molar refractivity (Wildman–Crippen MR) is 330 cm³/mol. The Kier molecular flexibility index (Phi) is 20.5. The van der Waals surface area contributed by atoms with E-state index in [1.54, 1.807) is 89.2 Å². The molecule has 0 saturated carbocycles. The second-order valence-corrected chi connectivity index (χ2v) is 22.6. The number of likely N-dealkylation sites (N-methyl/N-ethyl adjacent to an activating group) is 1. The van der Waals surface area contributed by atoms with Crippen LogP contribution in [0.25, 0.3) is 0 Å². The molecule has 0 spiro atoms. The Morgan fingerprint density at radius 3 is 1.61 bits per heavy atom. The van der Waals surface area contributed by atoms with Crippen molar-refractivity contribution in [1.29, 1.82) is 0 Å². The molecule has 4 aliphatic heterocycles. The number of urea groups is 2. The van der Waals surface area contributed by atoms with Gasteiger partial charge in [0.05, 0.1) is 42.4 Å². The standard InChI is InChI=1S/C33H34FN5O4.C32H37ClN6O4.CH4/c1-4-16-36-21-30(41)38-29(18-24-11-14-27(40)15-12-24)32(42)37(20-26-13-10-22(2)17-28(26)34)23(3)31(38)39(36)33(43)35-19-25-8-6-5-7-9-25;1-21-30-38(29(41)20-36(4)39(30)32(43)34-18-23-8-6-5-7-9-23)28(16-22-10-13-25(40)14-11-22)31(42)37(21)19-24-12-15-26(33)27(17-24)35(2)3;/h1,5-15,17,23,29,31,40H,16,18-21H2,2-3H3,(H,35,43);5-15,17,21,28,30,40H,16,18-20H2,1-4H3,(H,34,43);1H4/t23-,29-,31-;21-,28+,30+;/m01./s1. The largest absolute Gasteiger partial charge is 0.508 e. The van der Waals surface area contributed by atoms with Gasteiger partial charge >= 0.3 is 12.1 Å². The lowest BCUT2D eigenvalue weighted by Crippen LogP contribution is -2.79. The molecule has 4 heterocycles. The van der Waals surface area contributed by atoms with Gasteiger partial charge in [-0.3, -0.25) is 19.2 Å². The molecule has 6 aromatic rings. The zero-order chi connectivity index (χ0) is 61.5. The lowest BCUT2D eigenvalue weighted by Gasteiger charge is -2.57. The molecule has 4 saturated heterocycles. The number of rotatable bonds is 14. The number of piperazine rings is 2. The fourth-order valence-corrected chi connectivity index (χ4v) is 11.9. The van der Waals surface area contributed by atoms with Crippen LogP contribution in [0.4, 0.5) is 19.7 Å². The molecule has 6 aromatic carbocycles. The average Bonchev–Trinajstić information content (AvgIpc) is 0.844. The number of hydrogen-bond acceptors (Lipinski definition) is 11. The number of nitrogens with one attached hydrogen (secondary N) is 2. The molecule has 10 rings (SSSR count). The Morgan fingerprint density at radius 2 is 1.11 bits per heavy atom. The van der Waals surface area contributed by atoms with E-state index < -0.39 is 48.3 Å². The molecule has 8 amide bonds. The molecule has 0 radical (unpaired) electrons. The van der Waals surface area contributed by atoms with Crippen molar-refractivity contribution in [1.82, 2.24) is 50.3 Å². The van der Waals surface area contributed by atoms with E-state index in [1.165, 1.54) is 38.0 Å². The molecule has 0 aliphatic carbocycles. The Balaban J connectivity index is 0.000000223. The second-order valence-electron chi connectivity index (χ2n) is 22.2. The highest BCUT2D eigenvalue weighted by atomic mass is 35.5. The van der Waals surface area contributed by atoms with Gasteiger partial charge in [-0.05, 0) is 96.6 Å². The molecule has 6 atom stereocenters. The molecule has 4 N–H and O–H groups in total. The lowest BCUT2D eigenvalue weighted by molar-refractivity contribution is -0.198. The number of carbonyl (C=O) groups excluding carboxylic acids is 6. The summed E-state index contributed by atoms with van der Waals surface area (Å²) in [7, 11) is 5.52. The summed E-state index contributed by atoms with van der Waals surface area (Å²) in [4.78, 5) is 91.8. The number of aryl methyl sites for hydroxylation is 1.